The summed E-state index contributed by atoms with van der Waals surface area (Å²) in [5, 5.41) is 14.5. The number of rotatable bonds is 8. The molecule has 0 aliphatic heterocycles. The fourth-order valence-corrected chi connectivity index (χ4v) is 3.27. The summed E-state index contributed by atoms with van der Waals surface area (Å²) in [6, 6.07) is 7.02. The van der Waals surface area contributed by atoms with E-state index in [1.54, 1.807) is 0 Å². The highest BCUT2D eigenvalue weighted by Crippen LogP contribution is 2.31. The lowest BCUT2D eigenvalue weighted by atomic mass is 10.1. The lowest BCUT2D eigenvalue weighted by Crippen LogP contribution is -2.17. The Kier molecular flexibility index (Phi) is 6.39. The summed E-state index contributed by atoms with van der Waals surface area (Å²) in [6.07, 6.45) is 1.27. The Hall–Kier alpha value is -3.77. The molecule has 0 saturated heterocycles. The second-order valence-corrected chi connectivity index (χ2v) is 6.83. The minimum Gasteiger partial charge on any atom is -0.489 e. The van der Waals surface area contributed by atoms with Crippen LogP contribution >= 0.6 is 11.3 Å². The van der Waals surface area contributed by atoms with Crippen molar-refractivity contribution < 1.29 is 23.8 Å². The summed E-state index contributed by atoms with van der Waals surface area (Å²) >= 11 is 0.948. The standard InChI is InChI=1S/C18H17FN6O4S/c19-13-8-10(3-4-22-13)23-18-24-14(15(21)27)17(30-18)25-16(28)9-1-2-12(11(20)7-9)29-6-5-26/h1-4,7-8,26H,5-6,20H2,(H2,21,27)(H,25,28)(H,22,23,24). The van der Waals surface area contributed by atoms with E-state index >= 15 is 0 Å². The number of thiazole rings is 1. The van der Waals surface area contributed by atoms with Gasteiger partial charge in [0.25, 0.3) is 11.8 Å². The van der Waals surface area contributed by atoms with Crippen LogP contribution in [0.5, 0.6) is 5.75 Å². The first-order chi connectivity index (χ1) is 14.4. The molecular weight excluding hydrogens is 415 g/mol. The average molecular weight is 432 g/mol. The number of nitrogens with two attached hydrogens (primary N) is 2. The highest BCUT2D eigenvalue weighted by Gasteiger charge is 2.19. The van der Waals surface area contributed by atoms with Gasteiger partial charge in [0.1, 0.15) is 17.4 Å². The maximum Gasteiger partial charge on any atom is 0.270 e. The SMILES string of the molecule is NC(=O)c1nc(Nc2ccnc(F)c2)sc1NC(=O)c1ccc(OCCO)c(N)c1. The van der Waals surface area contributed by atoms with Gasteiger partial charge < -0.3 is 31.9 Å². The van der Waals surface area contributed by atoms with Gasteiger partial charge in [-0.2, -0.15) is 4.39 Å². The van der Waals surface area contributed by atoms with Crippen LogP contribution in [0.2, 0.25) is 0 Å². The van der Waals surface area contributed by atoms with E-state index in [9.17, 15) is 14.0 Å². The number of aliphatic hydroxyl groups is 1. The molecule has 0 aliphatic carbocycles. The van der Waals surface area contributed by atoms with Crippen LogP contribution in [-0.4, -0.2) is 40.1 Å². The second kappa shape index (κ2) is 9.15. The topological polar surface area (TPSA) is 165 Å². The van der Waals surface area contributed by atoms with Gasteiger partial charge in [0.15, 0.2) is 10.8 Å². The first kappa shape index (κ1) is 21.0. The zero-order chi connectivity index (χ0) is 21.7. The number of benzene rings is 1. The Morgan fingerprint density at radius 1 is 1.27 bits per heavy atom. The van der Waals surface area contributed by atoms with Gasteiger partial charge in [-0.3, -0.25) is 9.59 Å². The Balaban J connectivity index is 1.79. The fourth-order valence-electron chi connectivity index (χ4n) is 2.38. The van der Waals surface area contributed by atoms with Gasteiger partial charge in [-0.15, -0.1) is 0 Å². The molecule has 0 spiro atoms. The summed E-state index contributed by atoms with van der Waals surface area (Å²) in [5.41, 5.74) is 11.8. The Morgan fingerprint density at radius 3 is 2.73 bits per heavy atom. The third-order valence-electron chi connectivity index (χ3n) is 3.69. The number of halogens is 1. The van der Waals surface area contributed by atoms with Crippen molar-refractivity contribution in [3.63, 3.8) is 0 Å². The Morgan fingerprint density at radius 2 is 2.07 bits per heavy atom. The van der Waals surface area contributed by atoms with Gasteiger partial charge in [-0.25, -0.2) is 9.97 Å². The third-order valence-corrected chi connectivity index (χ3v) is 4.57. The lowest BCUT2D eigenvalue weighted by molar-refractivity contribution is 0.0997. The molecule has 2 amide bonds. The van der Waals surface area contributed by atoms with E-state index in [4.69, 9.17) is 21.3 Å². The largest absolute Gasteiger partial charge is 0.489 e. The maximum absolute atomic E-state index is 13.2. The Bertz CT molecular complexity index is 1090. The zero-order valence-electron chi connectivity index (χ0n) is 15.4. The number of hydrogen-bond acceptors (Lipinski definition) is 9. The number of nitrogens with zero attached hydrogens (tertiary/aromatic N) is 2. The smallest absolute Gasteiger partial charge is 0.270 e. The van der Waals surface area contributed by atoms with Crippen molar-refractivity contribution in [3.8, 4) is 5.75 Å². The van der Waals surface area contributed by atoms with Crippen molar-refractivity contribution in [3.05, 3.63) is 53.7 Å². The molecule has 12 heteroatoms. The predicted molar refractivity (Wildman–Crippen MR) is 109 cm³/mol. The number of ether oxygens (including phenoxy) is 1. The monoisotopic (exact) mass is 432 g/mol. The van der Waals surface area contributed by atoms with Gasteiger partial charge in [-0.05, 0) is 24.3 Å². The summed E-state index contributed by atoms with van der Waals surface area (Å²) in [6.45, 7) is -0.110. The Labute approximate surface area is 173 Å². The number of aromatic nitrogens is 2. The van der Waals surface area contributed by atoms with E-state index in [0.29, 0.717) is 11.4 Å². The highest BCUT2D eigenvalue weighted by molar-refractivity contribution is 7.20. The number of primary amides is 1. The predicted octanol–water partition coefficient (Wildman–Crippen LogP) is 1.73. The molecule has 0 saturated carbocycles. The van der Waals surface area contributed by atoms with Gasteiger partial charge in [0.05, 0.1) is 12.3 Å². The van der Waals surface area contributed by atoms with Crippen molar-refractivity contribution in [1.82, 2.24) is 9.97 Å². The van der Waals surface area contributed by atoms with Crippen LogP contribution in [0.3, 0.4) is 0 Å². The van der Waals surface area contributed by atoms with Crippen molar-refractivity contribution in [1.29, 1.82) is 0 Å². The van der Waals surface area contributed by atoms with Crippen LogP contribution < -0.4 is 26.8 Å². The van der Waals surface area contributed by atoms with Gasteiger partial charge >= 0.3 is 0 Å². The first-order valence-corrected chi connectivity index (χ1v) is 9.32. The summed E-state index contributed by atoms with van der Waals surface area (Å²) < 4.78 is 18.5. The molecule has 0 unspecified atom stereocenters. The number of carbonyl (C=O) groups excluding carboxylic acids is 2. The molecule has 10 nitrogen and oxygen atoms in total. The van der Waals surface area contributed by atoms with Gasteiger partial charge in [0.2, 0.25) is 5.95 Å². The quantitative estimate of drug-likeness (QED) is 0.265. The van der Waals surface area contributed by atoms with E-state index in [1.807, 2.05) is 0 Å². The highest BCUT2D eigenvalue weighted by atomic mass is 32.1. The molecular formula is C18H17FN6O4S. The molecule has 3 rings (SSSR count). The van der Waals surface area contributed by atoms with Crippen LogP contribution in [0, 0.1) is 5.95 Å². The van der Waals surface area contributed by atoms with E-state index in [2.05, 4.69) is 20.6 Å². The van der Waals surface area contributed by atoms with Crippen molar-refractivity contribution in [2.24, 2.45) is 5.73 Å². The normalized spacial score (nSPS) is 10.5. The molecule has 0 fully saturated rings. The molecule has 0 radical (unpaired) electrons. The number of carbonyl (C=O) groups is 2. The number of nitrogens with one attached hydrogen (secondary N) is 2. The van der Waals surface area contributed by atoms with Gasteiger partial charge in [0, 0.05) is 23.5 Å². The van der Waals surface area contributed by atoms with Crippen LogP contribution in [-0.2, 0) is 0 Å². The maximum atomic E-state index is 13.2. The number of anilines is 4. The number of pyridine rings is 1. The summed E-state index contributed by atoms with van der Waals surface area (Å²) in [7, 11) is 0. The number of aliphatic hydroxyl groups excluding tert-OH is 1. The van der Waals surface area contributed by atoms with E-state index in [-0.39, 0.29) is 40.3 Å². The minimum atomic E-state index is -0.845. The second-order valence-electron chi connectivity index (χ2n) is 5.83. The average Bonchev–Trinajstić information content (AvgIpc) is 3.09. The molecule has 3 aromatic rings. The first-order valence-electron chi connectivity index (χ1n) is 8.51. The molecule has 30 heavy (non-hydrogen) atoms. The number of hydrogen-bond donors (Lipinski definition) is 5. The summed E-state index contributed by atoms with van der Waals surface area (Å²) in [5.74, 6) is -1.76. The molecule has 2 aromatic heterocycles. The lowest BCUT2D eigenvalue weighted by Gasteiger charge is -2.09. The van der Waals surface area contributed by atoms with E-state index < -0.39 is 17.8 Å². The van der Waals surface area contributed by atoms with Crippen molar-refractivity contribution >= 4 is 44.7 Å². The third kappa shape index (κ3) is 4.98. The van der Waals surface area contributed by atoms with Crippen molar-refractivity contribution in [2.75, 3.05) is 29.6 Å². The zero-order valence-corrected chi connectivity index (χ0v) is 16.2. The molecule has 156 valence electrons. The molecule has 0 aliphatic rings. The minimum absolute atomic E-state index is 0.0652. The summed E-state index contributed by atoms with van der Waals surface area (Å²) in [4.78, 5) is 31.8. The van der Waals surface area contributed by atoms with E-state index in [1.165, 1.54) is 30.5 Å². The van der Waals surface area contributed by atoms with Crippen LogP contribution in [0.1, 0.15) is 20.8 Å². The van der Waals surface area contributed by atoms with Gasteiger partial charge in [-0.1, -0.05) is 11.3 Å². The molecule has 1 aromatic carbocycles. The van der Waals surface area contributed by atoms with Crippen LogP contribution in [0.4, 0.5) is 25.9 Å². The molecule has 7 N–H and O–H groups in total. The molecule has 2 heterocycles. The van der Waals surface area contributed by atoms with Crippen LogP contribution in [0.25, 0.3) is 0 Å². The van der Waals surface area contributed by atoms with E-state index in [0.717, 1.165) is 17.4 Å². The molecule has 0 atom stereocenters. The fraction of sp³-hybridized carbons (Fsp3) is 0.111. The van der Waals surface area contributed by atoms with Crippen molar-refractivity contribution in [2.45, 2.75) is 0 Å². The molecule has 0 bridgehead atoms. The van der Waals surface area contributed by atoms with Crippen LogP contribution in [0.15, 0.2) is 36.5 Å². The number of amides is 2. The number of nitrogen functional groups attached to an aromatic ring is 1.